The van der Waals surface area contributed by atoms with Gasteiger partial charge in [-0.1, -0.05) is 0 Å². The van der Waals surface area contributed by atoms with E-state index in [9.17, 15) is 0 Å². The Morgan fingerprint density at radius 1 is 1.41 bits per heavy atom. The summed E-state index contributed by atoms with van der Waals surface area (Å²) in [5, 5.41) is 6.45. The van der Waals surface area contributed by atoms with Crippen LogP contribution in [0.4, 0.5) is 5.13 Å². The van der Waals surface area contributed by atoms with Crippen molar-refractivity contribution in [3.05, 3.63) is 11.6 Å². The smallest absolute Gasteiger partial charge is 0.185 e. The van der Waals surface area contributed by atoms with Crippen LogP contribution >= 0.6 is 11.3 Å². The van der Waals surface area contributed by atoms with Gasteiger partial charge in [0.05, 0.1) is 0 Å². The second-order valence-corrected chi connectivity index (χ2v) is 5.45. The van der Waals surface area contributed by atoms with Crippen LogP contribution in [0.1, 0.15) is 13.3 Å². The highest BCUT2D eigenvalue weighted by molar-refractivity contribution is 7.13. The van der Waals surface area contributed by atoms with Crippen molar-refractivity contribution in [2.75, 3.05) is 44.7 Å². The van der Waals surface area contributed by atoms with Gasteiger partial charge in [0.2, 0.25) is 0 Å². The molecule has 17 heavy (non-hydrogen) atoms. The first-order valence-electron chi connectivity index (χ1n) is 6.34. The van der Waals surface area contributed by atoms with Crippen molar-refractivity contribution in [1.29, 1.82) is 0 Å². The number of aromatic nitrogens is 1. The van der Waals surface area contributed by atoms with Crippen LogP contribution in [0.25, 0.3) is 0 Å². The summed E-state index contributed by atoms with van der Waals surface area (Å²) in [5.41, 5.74) is 0. The number of piperazine rings is 1. The third-order valence-electron chi connectivity index (χ3n) is 3.44. The summed E-state index contributed by atoms with van der Waals surface area (Å²) in [4.78, 5) is 9.35. The Morgan fingerprint density at radius 2 is 2.18 bits per heavy atom. The molecule has 0 amide bonds. The lowest BCUT2D eigenvalue weighted by Crippen LogP contribution is -2.50. The highest BCUT2D eigenvalue weighted by Crippen LogP contribution is 2.19. The molecule has 0 spiro atoms. The normalized spacial score (nSPS) is 19.5. The zero-order valence-electron chi connectivity index (χ0n) is 10.7. The lowest BCUT2D eigenvalue weighted by atomic mass is 10.1. The SMILES string of the molecule is CNCCC(C)N1CCN(c2nccs2)CC1. The van der Waals surface area contributed by atoms with E-state index in [1.165, 1.54) is 11.6 Å². The second kappa shape index (κ2) is 6.33. The van der Waals surface area contributed by atoms with Crippen molar-refractivity contribution in [2.24, 2.45) is 0 Å². The molecule has 0 bridgehead atoms. The Labute approximate surface area is 108 Å². The molecular formula is C12H22N4S. The fourth-order valence-electron chi connectivity index (χ4n) is 2.26. The average Bonchev–Trinajstić information content (AvgIpc) is 2.90. The van der Waals surface area contributed by atoms with Gasteiger partial charge in [-0.3, -0.25) is 4.90 Å². The molecule has 1 unspecified atom stereocenters. The molecule has 4 nitrogen and oxygen atoms in total. The zero-order chi connectivity index (χ0) is 12.1. The summed E-state index contributed by atoms with van der Waals surface area (Å²) in [6.45, 7) is 7.97. The topological polar surface area (TPSA) is 31.4 Å². The summed E-state index contributed by atoms with van der Waals surface area (Å²) >= 11 is 1.74. The zero-order valence-corrected chi connectivity index (χ0v) is 11.5. The minimum Gasteiger partial charge on any atom is -0.346 e. The largest absolute Gasteiger partial charge is 0.346 e. The first-order chi connectivity index (χ1) is 8.31. The van der Waals surface area contributed by atoms with Crippen molar-refractivity contribution in [3.63, 3.8) is 0 Å². The number of nitrogens with zero attached hydrogens (tertiary/aromatic N) is 3. The highest BCUT2D eigenvalue weighted by Gasteiger charge is 2.21. The van der Waals surface area contributed by atoms with Gasteiger partial charge in [-0.2, -0.15) is 0 Å². The molecule has 2 rings (SSSR count). The highest BCUT2D eigenvalue weighted by atomic mass is 32.1. The van der Waals surface area contributed by atoms with Crippen molar-refractivity contribution in [3.8, 4) is 0 Å². The van der Waals surface area contributed by atoms with Gasteiger partial charge in [-0.05, 0) is 26.9 Å². The van der Waals surface area contributed by atoms with Crippen molar-refractivity contribution in [1.82, 2.24) is 15.2 Å². The van der Waals surface area contributed by atoms with Crippen LogP contribution in [0.5, 0.6) is 0 Å². The minimum atomic E-state index is 0.681. The monoisotopic (exact) mass is 254 g/mol. The summed E-state index contributed by atoms with van der Waals surface area (Å²) < 4.78 is 0. The molecule has 5 heteroatoms. The van der Waals surface area contributed by atoms with E-state index >= 15 is 0 Å². The lowest BCUT2D eigenvalue weighted by molar-refractivity contribution is 0.188. The van der Waals surface area contributed by atoms with E-state index in [1.807, 2.05) is 13.2 Å². The average molecular weight is 254 g/mol. The molecule has 1 N–H and O–H groups in total. The van der Waals surface area contributed by atoms with E-state index in [4.69, 9.17) is 0 Å². The van der Waals surface area contributed by atoms with Gasteiger partial charge < -0.3 is 10.2 Å². The lowest BCUT2D eigenvalue weighted by Gasteiger charge is -2.38. The quantitative estimate of drug-likeness (QED) is 0.857. The maximum atomic E-state index is 4.38. The van der Waals surface area contributed by atoms with E-state index < -0.39 is 0 Å². The Morgan fingerprint density at radius 3 is 2.76 bits per heavy atom. The Balaban J connectivity index is 1.78. The standard InChI is InChI=1S/C12H22N4S/c1-11(3-4-13-2)15-6-8-16(9-7-15)12-14-5-10-17-12/h5,10-11,13H,3-4,6-9H2,1-2H3. The van der Waals surface area contributed by atoms with Gasteiger partial charge in [0.1, 0.15) is 0 Å². The van der Waals surface area contributed by atoms with Crippen LogP contribution in [-0.2, 0) is 0 Å². The Kier molecular flexibility index (Phi) is 4.76. The molecular weight excluding hydrogens is 232 g/mol. The number of thiazole rings is 1. The molecule has 2 heterocycles. The van der Waals surface area contributed by atoms with Gasteiger partial charge in [-0.25, -0.2) is 4.98 Å². The van der Waals surface area contributed by atoms with E-state index in [0.29, 0.717) is 6.04 Å². The third kappa shape index (κ3) is 3.40. The molecule has 1 aromatic heterocycles. The van der Waals surface area contributed by atoms with Gasteiger partial charge in [0.15, 0.2) is 5.13 Å². The summed E-state index contributed by atoms with van der Waals surface area (Å²) in [6, 6.07) is 0.681. The van der Waals surface area contributed by atoms with Crippen molar-refractivity contribution >= 4 is 16.5 Å². The number of nitrogens with one attached hydrogen (secondary N) is 1. The van der Waals surface area contributed by atoms with Crippen molar-refractivity contribution < 1.29 is 0 Å². The van der Waals surface area contributed by atoms with Gasteiger partial charge in [0.25, 0.3) is 0 Å². The molecule has 1 aliphatic rings. The van der Waals surface area contributed by atoms with Gasteiger partial charge in [0, 0.05) is 43.8 Å². The van der Waals surface area contributed by atoms with Crippen LogP contribution < -0.4 is 10.2 Å². The Hall–Kier alpha value is -0.650. The first-order valence-corrected chi connectivity index (χ1v) is 7.22. The fourth-order valence-corrected chi connectivity index (χ4v) is 2.96. The fraction of sp³-hybridized carbons (Fsp3) is 0.750. The predicted molar refractivity (Wildman–Crippen MR) is 73.9 cm³/mol. The minimum absolute atomic E-state index is 0.681. The number of hydrogen-bond donors (Lipinski definition) is 1. The molecule has 1 saturated heterocycles. The van der Waals surface area contributed by atoms with E-state index in [-0.39, 0.29) is 0 Å². The van der Waals surface area contributed by atoms with Crippen molar-refractivity contribution in [2.45, 2.75) is 19.4 Å². The van der Waals surface area contributed by atoms with Crippen LogP contribution in [0.3, 0.4) is 0 Å². The molecule has 0 radical (unpaired) electrons. The van der Waals surface area contributed by atoms with E-state index in [2.05, 4.69) is 32.4 Å². The molecule has 1 atom stereocenters. The number of anilines is 1. The van der Waals surface area contributed by atoms with Crippen LogP contribution in [0, 0.1) is 0 Å². The molecule has 1 aliphatic heterocycles. The molecule has 96 valence electrons. The summed E-state index contributed by atoms with van der Waals surface area (Å²) in [6.07, 6.45) is 3.12. The molecule has 0 saturated carbocycles. The van der Waals surface area contributed by atoms with Crippen LogP contribution in [-0.4, -0.2) is 55.7 Å². The number of hydrogen-bond acceptors (Lipinski definition) is 5. The number of rotatable bonds is 5. The second-order valence-electron chi connectivity index (χ2n) is 4.58. The Bertz CT molecular complexity index is 306. The van der Waals surface area contributed by atoms with Crippen LogP contribution in [0.2, 0.25) is 0 Å². The summed E-state index contributed by atoms with van der Waals surface area (Å²) in [7, 11) is 2.02. The van der Waals surface area contributed by atoms with Crippen LogP contribution in [0.15, 0.2) is 11.6 Å². The summed E-state index contributed by atoms with van der Waals surface area (Å²) in [5.74, 6) is 0. The predicted octanol–water partition coefficient (Wildman–Crippen LogP) is 1.26. The molecule has 0 aliphatic carbocycles. The maximum absolute atomic E-state index is 4.38. The first kappa shape index (κ1) is 12.8. The van der Waals surface area contributed by atoms with E-state index in [0.717, 1.165) is 32.7 Å². The van der Waals surface area contributed by atoms with E-state index in [1.54, 1.807) is 11.3 Å². The maximum Gasteiger partial charge on any atom is 0.185 e. The molecule has 1 fully saturated rings. The third-order valence-corrected chi connectivity index (χ3v) is 4.27. The molecule has 0 aromatic carbocycles. The molecule has 1 aromatic rings. The van der Waals surface area contributed by atoms with Gasteiger partial charge in [-0.15, -0.1) is 11.3 Å². The van der Waals surface area contributed by atoms with Gasteiger partial charge >= 0.3 is 0 Å².